The number of nitrogens with zero attached hydrogens (tertiary/aromatic N) is 2. The zero-order valence-electron chi connectivity index (χ0n) is 9.50. The van der Waals surface area contributed by atoms with Gasteiger partial charge in [0, 0.05) is 5.69 Å². The molecule has 1 fully saturated rings. The minimum atomic E-state index is 0.110. The van der Waals surface area contributed by atoms with Crippen molar-refractivity contribution in [2.75, 3.05) is 25.6 Å². The summed E-state index contributed by atoms with van der Waals surface area (Å²) < 4.78 is 13.1. The number of aromatic nitrogens is 2. The lowest BCUT2D eigenvalue weighted by Crippen LogP contribution is -2.32. The van der Waals surface area contributed by atoms with E-state index >= 15 is 0 Å². The Balaban J connectivity index is 1.84. The first-order valence-corrected chi connectivity index (χ1v) is 5.72. The monoisotopic (exact) mass is 233 g/mol. The highest BCUT2D eigenvalue weighted by Crippen LogP contribution is 2.17. The summed E-state index contributed by atoms with van der Waals surface area (Å²) in [5.74, 6) is 0. The number of anilines is 1. The largest absolute Gasteiger partial charge is 0.399 e. The molecule has 5 heteroatoms. The molecule has 1 aliphatic heterocycles. The minimum absolute atomic E-state index is 0.110. The lowest BCUT2D eigenvalue weighted by atomic mass is 10.2. The van der Waals surface area contributed by atoms with E-state index in [1.165, 1.54) is 0 Å². The molecule has 0 radical (unpaired) electrons. The van der Waals surface area contributed by atoms with Crippen molar-refractivity contribution in [3.8, 4) is 0 Å². The first-order valence-electron chi connectivity index (χ1n) is 5.72. The zero-order valence-corrected chi connectivity index (χ0v) is 9.50. The normalized spacial score (nSPS) is 20.8. The van der Waals surface area contributed by atoms with Crippen LogP contribution in [0.25, 0.3) is 11.0 Å². The van der Waals surface area contributed by atoms with Gasteiger partial charge in [0.15, 0.2) is 0 Å². The maximum Gasteiger partial charge on any atom is 0.0988 e. The van der Waals surface area contributed by atoms with Gasteiger partial charge in [-0.3, -0.25) is 0 Å². The molecule has 1 unspecified atom stereocenters. The van der Waals surface area contributed by atoms with Crippen LogP contribution in [0, 0.1) is 0 Å². The van der Waals surface area contributed by atoms with Gasteiger partial charge in [0.1, 0.15) is 0 Å². The quantitative estimate of drug-likeness (QED) is 0.787. The lowest BCUT2D eigenvalue weighted by Gasteiger charge is -2.23. The molecule has 0 spiro atoms. The average molecular weight is 233 g/mol. The standard InChI is InChI=1S/C12H15N3O2/c13-9-1-2-12-11(5-9)14-8-15(12)6-10-7-16-3-4-17-10/h1-2,5,8,10H,3-4,6-7,13H2. The maximum absolute atomic E-state index is 5.72. The molecule has 17 heavy (non-hydrogen) atoms. The summed E-state index contributed by atoms with van der Waals surface area (Å²) in [5.41, 5.74) is 8.46. The average Bonchev–Trinajstić information content (AvgIpc) is 2.73. The Morgan fingerprint density at radius 1 is 1.41 bits per heavy atom. The van der Waals surface area contributed by atoms with Crippen molar-refractivity contribution in [1.29, 1.82) is 0 Å². The highest BCUT2D eigenvalue weighted by molar-refractivity contribution is 5.78. The second-order valence-electron chi connectivity index (χ2n) is 4.21. The van der Waals surface area contributed by atoms with Gasteiger partial charge in [0.2, 0.25) is 0 Å². The number of hydrogen-bond donors (Lipinski definition) is 1. The Hall–Kier alpha value is -1.59. The van der Waals surface area contributed by atoms with E-state index in [-0.39, 0.29) is 6.10 Å². The van der Waals surface area contributed by atoms with Crippen LogP contribution in [0.3, 0.4) is 0 Å². The van der Waals surface area contributed by atoms with Crippen molar-refractivity contribution in [2.45, 2.75) is 12.6 Å². The molecule has 1 aromatic carbocycles. The molecule has 0 bridgehead atoms. The van der Waals surface area contributed by atoms with Gasteiger partial charge in [-0.05, 0) is 18.2 Å². The number of imidazole rings is 1. The van der Waals surface area contributed by atoms with Gasteiger partial charge in [0.25, 0.3) is 0 Å². The molecular weight excluding hydrogens is 218 g/mol. The molecule has 0 saturated carbocycles. The van der Waals surface area contributed by atoms with Gasteiger partial charge >= 0.3 is 0 Å². The molecule has 0 amide bonds. The fourth-order valence-electron chi connectivity index (χ4n) is 2.09. The summed E-state index contributed by atoms with van der Waals surface area (Å²) >= 11 is 0. The number of ether oxygens (including phenoxy) is 2. The van der Waals surface area contributed by atoms with Gasteiger partial charge in [-0.2, -0.15) is 0 Å². The van der Waals surface area contributed by atoms with E-state index in [4.69, 9.17) is 15.2 Å². The van der Waals surface area contributed by atoms with E-state index < -0.39 is 0 Å². The Morgan fingerprint density at radius 2 is 2.35 bits per heavy atom. The van der Waals surface area contributed by atoms with Crippen LogP contribution >= 0.6 is 0 Å². The summed E-state index contributed by atoms with van der Waals surface area (Å²) in [6, 6.07) is 5.75. The molecule has 2 heterocycles. The zero-order chi connectivity index (χ0) is 11.7. The summed E-state index contributed by atoms with van der Waals surface area (Å²) in [6.07, 6.45) is 1.93. The van der Waals surface area contributed by atoms with Gasteiger partial charge in [0.05, 0.1) is 49.8 Å². The fraction of sp³-hybridized carbons (Fsp3) is 0.417. The highest BCUT2D eigenvalue weighted by atomic mass is 16.6. The number of nitrogen functional groups attached to an aromatic ring is 1. The van der Waals surface area contributed by atoms with Crippen molar-refractivity contribution < 1.29 is 9.47 Å². The van der Waals surface area contributed by atoms with Gasteiger partial charge < -0.3 is 19.8 Å². The number of fused-ring (bicyclic) bond motifs is 1. The third kappa shape index (κ3) is 2.11. The van der Waals surface area contributed by atoms with Crippen molar-refractivity contribution >= 4 is 16.7 Å². The number of rotatable bonds is 2. The Bertz CT molecular complexity index is 517. The molecule has 1 atom stereocenters. The van der Waals surface area contributed by atoms with E-state index in [1.54, 1.807) is 0 Å². The fourth-order valence-corrected chi connectivity index (χ4v) is 2.09. The maximum atomic E-state index is 5.72. The van der Waals surface area contributed by atoms with Crippen LogP contribution in [0.5, 0.6) is 0 Å². The molecule has 0 aliphatic carbocycles. The van der Waals surface area contributed by atoms with Crippen molar-refractivity contribution in [1.82, 2.24) is 9.55 Å². The molecule has 3 rings (SSSR count). The molecule has 5 nitrogen and oxygen atoms in total. The molecule has 2 N–H and O–H groups in total. The summed E-state index contributed by atoms with van der Waals surface area (Å²) in [4.78, 5) is 4.33. The highest BCUT2D eigenvalue weighted by Gasteiger charge is 2.15. The van der Waals surface area contributed by atoms with E-state index in [0.29, 0.717) is 19.8 Å². The number of nitrogens with two attached hydrogens (primary N) is 1. The summed E-state index contributed by atoms with van der Waals surface area (Å²) in [7, 11) is 0. The van der Waals surface area contributed by atoms with Crippen LogP contribution in [0.2, 0.25) is 0 Å². The predicted molar refractivity (Wildman–Crippen MR) is 64.7 cm³/mol. The smallest absolute Gasteiger partial charge is 0.0988 e. The topological polar surface area (TPSA) is 62.3 Å². The van der Waals surface area contributed by atoms with Crippen LogP contribution < -0.4 is 5.73 Å². The van der Waals surface area contributed by atoms with Crippen LogP contribution in [0.1, 0.15) is 0 Å². The number of benzene rings is 1. The third-order valence-electron chi connectivity index (χ3n) is 2.93. The minimum Gasteiger partial charge on any atom is -0.399 e. The molecule has 2 aromatic rings. The van der Waals surface area contributed by atoms with Gasteiger partial charge in [-0.25, -0.2) is 4.98 Å². The predicted octanol–water partition coefficient (Wildman–Crippen LogP) is 1.03. The first-order chi connectivity index (χ1) is 8.33. The number of hydrogen-bond acceptors (Lipinski definition) is 4. The third-order valence-corrected chi connectivity index (χ3v) is 2.93. The molecule has 1 aromatic heterocycles. The van der Waals surface area contributed by atoms with Crippen LogP contribution in [0.15, 0.2) is 24.5 Å². The Kier molecular flexibility index (Phi) is 2.70. The van der Waals surface area contributed by atoms with E-state index in [0.717, 1.165) is 23.3 Å². The first kappa shape index (κ1) is 10.6. The Morgan fingerprint density at radius 3 is 3.18 bits per heavy atom. The van der Waals surface area contributed by atoms with E-state index in [1.807, 2.05) is 24.5 Å². The van der Waals surface area contributed by atoms with Crippen LogP contribution in [-0.2, 0) is 16.0 Å². The van der Waals surface area contributed by atoms with Crippen molar-refractivity contribution in [3.05, 3.63) is 24.5 Å². The van der Waals surface area contributed by atoms with Crippen molar-refractivity contribution in [2.24, 2.45) is 0 Å². The molecule has 1 aliphatic rings. The second kappa shape index (κ2) is 4.35. The second-order valence-corrected chi connectivity index (χ2v) is 4.21. The van der Waals surface area contributed by atoms with Crippen LogP contribution in [-0.4, -0.2) is 35.5 Å². The van der Waals surface area contributed by atoms with Crippen LogP contribution in [0.4, 0.5) is 5.69 Å². The molecular formula is C12H15N3O2. The summed E-state index contributed by atoms with van der Waals surface area (Å²) in [6.45, 7) is 2.77. The summed E-state index contributed by atoms with van der Waals surface area (Å²) in [5, 5.41) is 0. The lowest BCUT2D eigenvalue weighted by molar-refractivity contribution is -0.0932. The van der Waals surface area contributed by atoms with Crippen molar-refractivity contribution in [3.63, 3.8) is 0 Å². The molecule has 1 saturated heterocycles. The SMILES string of the molecule is Nc1ccc2c(c1)ncn2CC1COCCO1. The van der Waals surface area contributed by atoms with E-state index in [2.05, 4.69) is 9.55 Å². The molecule has 90 valence electrons. The van der Waals surface area contributed by atoms with Gasteiger partial charge in [-0.15, -0.1) is 0 Å². The van der Waals surface area contributed by atoms with Gasteiger partial charge in [-0.1, -0.05) is 0 Å². The van der Waals surface area contributed by atoms with E-state index in [9.17, 15) is 0 Å². The Labute approximate surface area is 99.1 Å².